The van der Waals surface area contributed by atoms with Gasteiger partial charge in [0, 0.05) is 5.56 Å². The van der Waals surface area contributed by atoms with E-state index >= 15 is 0 Å². The lowest BCUT2D eigenvalue weighted by Gasteiger charge is -2.33. The fourth-order valence-electron chi connectivity index (χ4n) is 2.94. The molecule has 0 aliphatic carbocycles. The lowest BCUT2D eigenvalue weighted by molar-refractivity contribution is -0.123. The Balaban J connectivity index is 1.74. The van der Waals surface area contributed by atoms with Gasteiger partial charge >= 0.3 is 0 Å². The van der Waals surface area contributed by atoms with Crippen LogP contribution < -0.4 is 10.1 Å². The van der Waals surface area contributed by atoms with Crippen LogP contribution in [0.3, 0.4) is 0 Å². The fraction of sp³-hybridized carbons (Fsp3) is 0.316. The fourth-order valence-corrected chi connectivity index (χ4v) is 3.86. The zero-order chi connectivity index (χ0) is 16.2. The molecule has 1 heterocycles. The lowest BCUT2D eigenvalue weighted by Crippen LogP contribution is -2.46. The third-order valence-electron chi connectivity index (χ3n) is 4.28. The third kappa shape index (κ3) is 3.37. The SMILES string of the molecule is CS[C@H]1c2ccccc2OC[C@@H]1NC(=O)[C@@H](C)c1ccccc1. The summed E-state index contributed by atoms with van der Waals surface area (Å²) in [4.78, 5) is 12.6. The summed E-state index contributed by atoms with van der Waals surface area (Å²) in [5.74, 6) is 0.799. The molecule has 0 saturated carbocycles. The van der Waals surface area contributed by atoms with Gasteiger partial charge in [-0.1, -0.05) is 48.5 Å². The average Bonchev–Trinajstić information content (AvgIpc) is 2.61. The number of para-hydroxylation sites is 1. The number of benzene rings is 2. The topological polar surface area (TPSA) is 38.3 Å². The van der Waals surface area contributed by atoms with E-state index in [0.717, 1.165) is 16.9 Å². The molecular weight excluding hydrogens is 306 g/mol. The number of hydrogen-bond donors (Lipinski definition) is 1. The van der Waals surface area contributed by atoms with Crippen LogP contribution in [0.2, 0.25) is 0 Å². The second kappa shape index (κ2) is 7.09. The van der Waals surface area contributed by atoms with Gasteiger partial charge in [-0.3, -0.25) is 4.79 Å². The maximum atomic E-state index is 12.6. The molecule has 3 atom stereocenters. The van der Waals surface area contributed by atoms with Crippen molar-refractivity contribution in [3.05, 3.63) is 65.7 Å². The number of fused-ring (bicyclic) bond motifs is 1. The highest BCUT2D eigenvalue weighted by molar-refractivity contribution is 7.98. The van der Waals surface area contributed by atoms with Crippen molar-refractivity contribution in [2.45, 2.75) is 24.1 Å². The zero-order valence-electron chi connectivity index (χ0n) is 13.4. The van der Waals surface area contributed by atoms with E-state index in [1.165, 1.54) is 0 Å². The molecule has 0 unspecified atom stereocenters. The van der Waals surface area contributed by atoms with Gasteiger partial charge in [-0.05, 0) is 24.8 Å². The number of rotatable bonds is 4. The largest absolute Gasteiger partial charge is 0.491 e. The Labute approximate surface area is 141 Å². The van der Waals surface area contributed by atoms with Gasteiger partial charge in [0.05, 0.1) is 17.2 Å². The van der Waals surface area contributed by atoms with Gasteiger partial charge in [0.25, 0.3) is 0 Å². The van der Waals surface area contributed by atoms with Crippen LogP contribution in [0, 0.1) is 0 Å². The molecule has 3 nitrogen and oxygen atoms in total. The summed E-state index contributed by atoms with van der Waals surface area (Å²) in [6.45, 7) is 2.45. The zero-order valence-corrected chi connectivity index (χ0v) is 14.2. The first kappa shape index (κ1) is 15.9. The van der Waals surface area contributed by atoms with E-state index in [4.69, 9.17) is 4.74 Å². The van der Waals surface area contributed by atoms with E-state index in [9.17, 15) is 4.79 Å². The van der Waals surface area contributed by atoms with E-state index in [1.54, 1.807) is 11.8 Å². The van der Waals surface area contributed by atoms with Crippen molar-refractivity contribution in [1.82, 2.24) is 5.32 Å². The molecule has 1 aliphatic heterocycles. The lowest BCUT2D eigenvalue weighted by atomic mass is 9.98. The summed E-state index contributed by atoms with van der Waals surface area (Å²) in [7, 11) is 0. The van der Waals surface area contributed by atoms with Gasteiger partial charge in [-0.25, -0.2) is 0 Å². The molecule has 0 saturated heterocycles. The Morgan fingerprint density at radius 1 is 1.17 bits per heavy atom. The Morgan fingerprint density at radius 3 is 2.61 bits per heavy atom. The molecule has 23 heavy (non-hydrogen) atoms. The highest BCUT2D eigenvalue weighted by atomic mass is 32.2. The van der Waals surface area contributed by atoms with Crippen LogP contribution in [-0.4, -0.2) is 24.8 Å². The van der Waals surface area contributed by atoms with Gasteiger partial charge in [-0.15, -0.1) is 0 Å². The summed E-state index contributed by atoms with van der Waals surface area (Å²) in [6, 6.07) is 17.9. The molecule has 3 rings (SSSR count). The Morgan fingerprint density at radius 2 is 1.87 bits per heavy atom. The molecule has 1 amide bonds. The van der Waals surface area contributed by atoms with Crippen molar-refractivity contribution in [2.75, 3.05) is 12.9 Å². The van der Waals surface area contributed by atoms with E-state index in [-0.39, 0.29) is 23.1 Å². The number of nitrogens with one attached hydrogen (secondary N) is 1. The van der Waals surface area contributed by atoms with E-state index in [2.05, 4.69) is 17.6 Å². The summed E-state index contributed by atoms with van der Waals surface area (Å²) in [5, 5.41) is 3.39. The summed E-state index contributed by atoms with van der Waals surface area (Å²) >= 11 is 1.75. The first-order valence-corrected chi connectivity index (χ1v) is 9.09. The standard InChI is InChI=1S/C19H21NO2S/c1-13(14-8-4-3-5-9-14)19(21)20-16-12-22-17-11-7-6-10-15(17)18(16)23-2/h3-11,13,16,18H,12H2,1-2H3,(H,20,21)/t13-,16-,18-/m0/s1. The molecule has 0 bridgehead atoms. The van der Waals surface area contributed by atoms with E-state index in [1.807, 2.05) is 55.5 Å². The van der Waals surface area contributed by atoms with Crippen LogP contribution in [0.5, 0.6) is 5.75 Å². The predicted molar refractivity (Wildman–Crippen MR) is 95.0 cm³/mol. The predicted octanol–water partition coefficient (Wildman–Crippen LogP) is 3.77. The molecule has 0 spiro atoms. The van der Waals surface area contributed by atoms with Crippen molar-refractivity contribution >= 4 is 17.7 Å². The summed E-state index contributed by atoms with van der Waals surface area (Å²) < 4.78 is 5.83. The molecule has 120 valence electrons. The van der Waals surface area contributed by atoms with Crippen molar-refractivity contribution < 1.29 is 9.53 Å². The molecule has 1 aliphatic rings. The molecule has 2 aromatic carbocycles. The minimum atomic E-state index is -0.170. The van der Waals surface area contributed by atoms with Gasteiger partial charge in [0.1, 0.15) is 12.4 Å². The van der Waals surface area contributed by atoms with Gasteiger partial charge in [0.2, 0.25) is 5.91 Å². The summed E-state index contributed by atoms with van der Waals surface area (Å²) in [6.07, 6.45) is 2.08. The Bertz CT molecular complexity index is 674. The van der Waals surface area contributed by atoms with Gasteiger partial charge in [-0.2, -0.15) is 11.8 Å². The first-order valence-electron chi connectivity index (χ1n) is 7.80. The quantitative estimate of drug-likeness (QED) is 0.929. The molecule has 0 aromatic heterocycles. The van der Waals surface area contributed by atoms with Crippen molar-refractivity contribution in [3.63, 3.8) is 0 Å². The van der Waals surface area contributed by atoms with E-state index < -0.39 is 0 Å². The molecular formula is C19H21NO2S. The van der Waals surface area contributed by atoms with Crippen molar-refractivity contribution in [3.8, 4) is 5.75 Å². The maximum absolute atomic E-state index is 12.6. The van der Waals surface area contributed by atoms with Crippen LogP contribution in [-0.2, 0) is 4.79 Å². The van der Waals surface area contributed by atoms with Gasteiger partial charge < -0.3 is 10.1 Å². The molecule has 4 heteroatoms. The number of carbonyl (C=O) groups excluding carboxylic acids is 1. The first-order chi connectivity index (χ1) is 11.2. The Kier molecular flexibility index (Phi) is 4.91. The van der Waals surface area contributed by atoms with Crippen LogP contribution in [0.4, 0.5) is 0 Å². The van der Waals surface area contributed by atoms with Crippen LogP contribution in [0.25, 0.3) is 0 Å². The molecule has 2 aromatic rings. The van der Waals surface area contributed by atoms with Crippen LogP contribution >= 0.6 is 11.8 Å². The monoisotopic (exact) mass is 327 g/mol. The second-order valence-electron chi connectivity index (χ2n) is 5.75. The maximum Gasteiger partial charge on any atom is 0.227 e. The van der Waals surface area contributed by atoms with E-state index in [0.29, 0.717) is 6.61 Å². The third-order valence-corrected chi connectivity index (χ3v) is 5.37. The smallest absolute Gasteiger partial charge is 0.227 e. The summed E-state index contributed by atoms with van der Waals surface area (Å²) in [5.41, 5.74) is 2.19. The molecule has 0 fully saturated rings. The highest BCUT2D eigenvalue weighted by Crippen LogP contribution is 2.39. The highest BCUT2D eigenvalue weighted by Gasteiger charge is 2.32. The van der Waals surface area contributed by atoms with Crippen molar-refractivity contribution in [1.29, 1.82) is 0 Å². The van der Waals surface area contributed by atoms with Crippen LogP contribution in [0.15, 0.2) is 54.6 Å². The number of hydrogen-bond acceptors (Lipinski definition) is 3. The molecule has 1 N–H and O–H groups in total. The number of carbonyl (C=O) groups is 1. The normalized spacial score (nSPS) is 21.0. The second-order valence-corrected chi connectivity index (χ2v) is 6.73. The number of ether oxygens (including phenoxy) is 1. The molecule has 0 radical (unpaired) electrons. The average molecular weight is 327 g/mol. The number of thioether (sulfide) groups is 1. The van der Waals surface area contributed by atoms with Crippen LogP contribution in [0.1, 0.15) is 29.2 Å². The van der Waals surface area contributed by atoms with Gasteiger partial charge in [0.15, 0.2) is 0 Å². The number of amides is 1. The minimum Gasteiger partial charge on any atom is -0.491 e. The Hall–Kier alpha value is -1.94. The minimum absolute atomic E-state index is 0.0152. The van der Waals surface area contributed by atoms with Crippen molar-refractivity contribution in [2.24, 2.45) is 0 Å².